The summed E-state index contributed by atoms with van der Waals surface area (Å²) < 4.78 is 5.68. The Kier molecular flexibility index (Phi) is 5.02. The summed E-state index contributed by atoms with van der Waals surface area (Å²) in [6.07, 6.45) is 2.24. The van der Waals surface area contributed by atoms with Crippen molar-refractivity contribution >= 4 is 29.9 Å². The molecule has 17 heavy (non-hydrogen) atoms. The Balaban J connectivity index is 0.00000144. The molecule has 4 nitrogen and oxygen atoms in total. The number of fused-ring (bicyclic) bond motifs is 1. The molecule has 2 rings (SSSR count). The van der Waals surface area contributed by atoms with Gasteiger partial charge in [0, 0.05) is 19.1 Å². The number of hydrogen-bond donors (Lipinski definition) is 0. The van der Waals surface area contributed by atoms with Gasteiger partial charge in [-0.25, -0.2) is 4.98 Å². The summed E-state index contributed by atoms with van der Waals surface area (Å²) in [6, 6.07) is 3.46. The standard InChI is InChI=1S/C11H13ClN2O2.ClH/c1-14-7-8(4-5-12)16-10-9(11(14)15)3-2-6-13-10;/h2-3,6,8H,4-5,7H2,1H3;1H/t8-;/m1./s1. The van der Waals surface area contributed by atoms with Crippen molar-refractivity contribution in [3.8, 4) is 5.88 Å². The highest BCUT2D eigenvalue weighted by atomic mass is 35.5. The predicted molar refractivity (Wildman–Crippen MR) is 68.2 cm³/mol. The summed E-state index contributed by atoms with van der Waals surface area (Å²) >= 11 is 5.70. The number of likely N-dealkylation sites (N-methyl/N-ethyl adjacent to an activating group) is 1. The van der Waals surface area contributed by atoms with Gasteiger partial charge in [-0.05, 0) is 18.6 Å². The van der Waals surface area contributed by atoms with E-state index in [0.29, 0.717) is 30.3 Å². The lowest BCUT2D eigenvalue weighted by Gasteiger charge is -2.19. The zero-order valence-corrected chi connectivity index (χ0v) is 11.0. The Labute approximate surface area is 111 Å². The van der Waals surface area contributed by atoms with Crippen molar-refractivity contribution in [3.63, 3.8) is 0 Å². The number of pyridine rings is 1. The fourth-order valence-electron chi connectivity index (χ4n) is 1.71. The fraction of sp³-hybridized carbons (Fsp3) is 0.455. The second-order valence-electron chi connectivity index (χ2n) is 3.76. The van der Waals surface area contributed by atoms with Crippen LogP contribution in [0.5, 0.6) is 5.88 Å². The van der Waals surface area contributed by atoms with E-state index in [1.54, 1.807) is 30.3 Å². The summed E-state index contributed by atoms with van der Waals surface area (Å²) in [4.78, 5) is 17.7. The average molecular weight is 277 g/mol. The highest BCUT2D eigenvalue weighted by Gasteiger charge is 2.26. The van der Waals surface area contributed by atoms with Crippen LogP contribution in [0.3, 0.4) is 0 Å². The van der Waals surface area contributed by atoms with Crippen LogP contribution in [0.25, 0.3) is 0 Å². The van der Waals surface area contributed by atoms with Crippen LogP contribution in [-0.2, 0) is 0 Å². The number of carbonyl (C=O) groups excluding carboxylic acids is 1. The van der Waals surface area contributed by atoms with E-state index in [-0.39, 0.29) is 24.4 Å². The number of alkyl halides is 1. The molecule has 0 aliphatic carbocycles. The van der Waals surface area contributed by atoms with Crippen molar-refractivity contribution in [3.05, 3.63) is 23.9 Å². The van der Waals surface area contributed by atoms with Crippen molar-refractivity contribution in [2.24, 2.45) is 0 Å². The molecule has 0 aromatic carbocycles. The van der Waals surface area contributed by atoms with Crippen molar-refractivity contribution in [1.82, 2.24) is 9.88 Å². The van der Waals surface area contributed by atoms with Crippen LogP contribution < -0.4 is 4.74 Å². The molecule has 0 unspecified atom stereocenters. The van der Waals surface area contributed by atoms with Gasteiger partial charge in [-0.2, -0.15) is 0 Å². The molecule has 0 saturated heterocycles. The maximum Gasteiger partial charge on any atom is 0.259 e. The molecule has 1 aliphatic rings. The first-order chi connectivity index (χ1) is 7.72. The van der Waals surface area contributed by atoms with E-state index in [1.165, 1.54) is 0 Å². The summed E-state index contributed by atoms with van der Waals surface area (Å²) in [5, 5.41) is 0. The normalized spacial score (nSPS) is 18.8. The van der Waals surface area contributed by atoms with Gasteiger partial charge in [-0.15, -0.1) is 24.0 Å². The lowest BCUT2D eigenvalue weighted by molar-refractivity contribution is 0.0758. The minimum Gasteiger partial charge on any atom is -0.472 e. The van der Waals surface area contributed by atoms with Crippen LogP contribution >= 0.6 is 24.0 Å². The average Bonchev–Trinajstić information content (AvgIpc) is 2.39. The Bertz CT molecular complexity index is 401. The molecule has 0 fully saturated rings. The third-order valence-electron chi connectivity index (χ3n) is 2.54. The number of ether oxygens (including phenoxy) is 1. The topological polar surface area (TPSA) is 42.4 Å². The molecule has 1 aliphatic heterocycles. The molecule has 1 amide bonds. The van der Waals surface area contributed by atoms with Crippen LogP contribution in [0.4, 0.5) is 0 Å². The number of nitrogens with zero attached hydrogens (tertiary/aromatic N) is 2. The first-order valence-corrected chi connectivity index (χ1v) is 5.69. The molecule has 94 valence electrons. The number of amides is 1. The molecule has 6 heteroatoms. The van der Waals surface area contributed by atoms with Crippen LogP contribution in [0.1, 0.15) is 16.8 Å². The van der Waals surface area contributed by atoms with E-state index < -0.39 is 0 Å². The zero-order chi connectivity index (χ0) is 11.5. The monoisotopic (exact) mass is 276 g/mol. The summed E-state index contributed by atoms with van der Waals surface area (Å²) in [6.45, 7) is 0.544. The Hall–Kier alpha value is -1.00. The first-order valence-electron chi connectivity index (χ1n) is 5.15. The number of carbonyl (C=O) groups is 1. The molecule has 1 aromatic heterocycles. The highest BCUT2D eigenvalue weighted by molar-refractivity contribution is 6.17. The molecule has 0 bridgehead atoms. The smallest absolute Gasteiger partial charge is 0.259 e. The molecule has 0 saturated carbocycles. The SMILES string of the molecule is CN1C[C@@H](CCCl)Oc2ncccc2C1=O.Cl. The molecule has 2 heterocycles. The lowest BCUT2D eigenvalue weighted by atomic mass is 10.2. The molecule has 0 radical (unpaired) electrons. The van der Waals surface area contributed by atoms with Gasteiger partial charge in [0.05, 0.1) is 6.54 Å². The summed E-state index contributed by atoms with van der Waals surface area (Å²) in [7, 11) is 1.76. The van der Waals surface area contributed by atoms with Crippen molar-refractivity contribution in [2.45, 2.75) is 12.5 Å². The largest absolute Gasteiger partial charge is 0.472 e. The van der Waals surface area contributed by atoms with Gasteiger partial charge in [-0.3, -0.25) is 4.79 Å². The van der Waals surface area contributed by atoms with Gasteiger partial charge < -0.3 is 9.64 Å². The predicted octanol–water partition coefficient (Wildman–Crippen LogP) is 1.97. The fourth-order valence-corrected chi connectivity index (χ4v) is 1.95. The van der Waals surface area contributed by atoms with Crippen LogP contribution in [0.2, 0.25) is 0 Å². The molecular formula is C11H14Cl2N2O2. The number of aromatic nitrogens is 1. The van der Waals surface area contributed by atoms with E-state index in [1.807, 2.05) is 0 Å². The van der Waals surface area contributed by atoms with E-state index >= 15 is 0 Å². The van der Waals surface area contributed by atoms with Gasteiger partial charge in [0.2, 0.25) is 5.88 Å². The van der Waals surface area contributed by atoms with Gasteiger partial charge in [0.1, 0.15) is 11.7 Å². The quantitative estimate of drug-likeness (QED) is 0.776. The zero-order valence-electron chi connectivity index (χ0n) is 9.43. The van der Waals surface area contributed by atoms with Crippen molar-refractivity contribution < 1.29 is 9.53 Å². The van der Waals surface area contributed by atoms with Gasteiger partial charge >= 0.3 is 0 Å². The second kappa shape index (κ2) is 6.07. The molecule has 0 spiro atoms. The van der Waals surface area contributed by atoms with Crippen LogP contribution in [-0.4, -0.2) is 41.4 Å². The van der Waals surface area contributed by atoms with Gasteiger partial charge in [-0.1, -0.05) is 0 Å². The van der Waals surface area contributed by atoms with Gasteiger partial charge in [0.25, 0.3) is 5.91 Å². The number of hydrogen-bond acceptors (Lipinski definition) is 3. The van der Waals surface area contributed by atoms with E-state index in [4.69, 9.17) is 16.3 Å². The first kappa shape index (κ1) is 14.1. The highest BCUT2D eigenvalue weighted by Crippen LogP contribution is 2.22. The number of rotatable bonds is 2. The maximum absolute atomic E-state index is 12.0. The van der Waals surface area contributed by atoms with Crippen molar-refractivity contribution in [2.75, 3.05) is 19.5 Å². The Morgan fingerprint density at radius 1 is 1.65 bits per heavy atom. The summed E-state index contributed by atoms with van der Waals surface area (Å²) in [5.74, 6) is 0.863. The van der Waals surface area contributed by atoms with E-state index in [0.717, 1.165) is 0 Å². The van der Waals surface area contributed by atoms with E-state index in [2.05, 4.69) is 4.98 Å². The minimum absolute atomic E-state index is 0. The third-order valence-corrected chi connectivity index (χ3v) is 2.75. The Morgan fingerprint density at radius 2 is 2.41 bits per heavy atom. The third kappa shape index (κ3) is 3.01. The van der Waals surface area contributed by atoms with Gasteiger partial charge in [0.15, 0.2) is 0 Å². The Morgan fingerprint density at radius 3 is 3.12 bits per heavy atom. The summed E-state index contributed by atoms with van der Waals surface area (Å²) in [5.41, 5.74) is 0.516. The minimum atomic E-state index is -0.0809. The van der Waals surface area contributed by atoms with Crippen LogP contribution in [0, 0.1) is 0 Å². The molecule has 1 aromatic rings. The number of halogens is 2. The molecule has 1 atom stereocenters. The van der Waals surface area contributed by atoms with Crippen molar-refractivity contribution in [1.29, 1.82) is 0 Å². The van der Waals surface area contributed by atoms with Crippen LogP contribution in [0.15, 0.2) is 18.3 Å². The van der Waals surface area contributed by atoms with E-state index in [9.17, 15) is 4.79 Å². The second-order valence-corrected chi connectivity index (χ2v) is 4.14. The molecular weight excluding hydrogens is 263 g/mol. The molecule has 0 N–H and O–H groups in total. The lowest BCUT2D eigenvalue weighted by Crippen LogP contribution is -2.34. The maximum atomic E-state index is 12.0.